The Hall–Kier alpha value is -3.87. The molecule has 0 atom stereocenters. The van der Waals surface area contributed by atoms with Gasteiger partial charge < -0.3 is 14.2 Å². The van der Waals surface area contributed by atoms with E-state index in [-0.39, 0.29) is 18.9 Å². The van der Waals surface area contributed by atoms with Crippen molar-refractivity contribution in [3.05, 3.63) is 93.3 Å². The lowest BCUT2D eigenvalue weighted by molar-refractivity contribution is -0.134. The molecule has 1 saturated heterocycles. The minimum Gasteiger partial charge on any atom is -0.482 e. The van der Waals surface area contributed by atoms with Gasteiger partial charge in [-0.3, -0.25) is 14.6 Å². The van der Waals surface area contributed by atoms with Gasteiger partial charge in [-0.05, 0) is 29.3 Å². The number of hydrogen-bond acceptors (Lipinski definition) is 4. The predicted molar refractivity (Wildman–Crippen MR) is 126 cm³/mol. The SMILES string of the molecule is O=C(CCn1ccc(=O)[nH]c1=O)N1CCC2(C=Cc3cc(-c4ccccc4)ccc3O2)CC1. The number of carbonyl (C=O) groups is 1. The summed E-state index contributed by atoms with van der Waals surface area (Å²) < 4.78 is 7.78. The van der Waals surface area contributed by atoms with Crippen LogP contribution in [0, 0.1) is 0 Å². The summed E-state index contributed by atoms with van der Waals surface area (Å²) in [5.74, 6) is 0.866. The Morgan fingerprint density at radius 3 is 2.55 bits per heavy atom. The van der Waals surface area contributed by atoms with Gasteiger partial charge in [-0.25, -0.2) is 4.79 Å². The van der Waals surface area contributed by atoms with Crippen molar-refractivity contribution in [1.29, 1.82) is 0 Å². The van der Waals surface area contributed by atoms with E-state index in [0.29, 0.717) is 25.9 Å². The number of aromatic nitrogens is 2. The van der Waals surface area contributed by atoms with Crippen LogP contribution >= 0.6 is 0 Å². The number of amides is 1. The smallest absolute Gasteiger partial charge is 0.328 e. The van der Waals surface area contributed by atoms with Crippen molar-refractivity contribution in [2.24, 2.45) is 0 Å². The van der Waals surface area contributed by atoms with Gasteiger partial charge in [-0.1, -0.05) is 42.5 Å². The van der Waals surface area contributed by atoms with Crippen molar-refractivity contribution < 1.29 is 9.53 Å². The summed E-state index contributed by atoms with van der Waals surface area (Å²) in [7, 11) is 0. The average molecular weight is 444 g/mol. The van der Waals surface area contributed by atoms with Crippen LogP contribution < -0.4 is 16.0 Å². The summed E-state index contributed by atoms with van der Waals surface area (Å²) in [6, 6.07) is 17.8. The zero-order valence-corrected chi connectivity index (χ0v) is 18.2. The molecule has 3 heterocycles. The molecule has 1 aromatic heterocycles. The van der Waals surface area contributed by atoms with Crippen molar-refractivity contribution in [2.45, 2.75) is 31.4 Å². The lowest BCUT2D eigenvalue weighted by Crippen LogP contribution is -2.49. The number of H-pyrrole nitrogens is 1. The van der Waals surface area contributed by atoms with Crippen LogP contribution in [0.1, 0.15) is 24.8 Å². The molecule has 3 aromatic rings. The topological polar surface area (TPSA) is 84.4 Å². The Morgan fingerprint density at radius 2 is 1.79 bits per heavy atom. The van der Waals surface area contributed by atoms with E-state index in [2.05, 4.69) is 41.4 Å². The van der Waals surface area contributed by atoms with E-state index in [1.165, 1.54) is 22.4 Å². The number of ether oxygens (including phenoxy) is 1. The Bertz CT molecular complexity index is 1320. The number of nitrogens with zero attached hydrogens (tertiary/aromatic N) is 2. The third-order valence-corrected chi connectivity index (χ3v) is 6.42. The molecule has 1 fully saturated rings. The van der Waals surface area contributed by atoms with Gasteiger partial charge in [0, 0.05) is 56.7 Å². The maximum absolute atomic E-state index is 12.7. The van der Waals surface area contributed by atoms with E-state index >= 15 is 0 Å². The van der Waals surface area contributed by atoms with Crippen LogP contribution in [0.2, 0.25) is 0 Å². The highest BCUT2D eigenvalue weighted by atomic mass is 16.5. The monoisotopic (exact) mass is 443 g/mol. The molecule has 2 aliphatic rings. The van der Waals surface area contributed by atoms with Crippen LogP contribution in [-0.4, -0.2) is 39.0 Å². The standard InChI is InChI=1S/C26H25N3O4/c30-23-9-14-29(25(32)27-23)15-10-24(31)28-16-12-26(13-17-28)11-8-21-18-20(6-7-22(21)33-26)19-4-2-1-3-5-19/h1-9,11,14,18H,10,12-13,15-17H2,(H,27,30,32). The Balaban J connectivity index is 1.21. The van der Waals surface area contributed by atoms with Gasteiger partial charge in [0.1, 0.15) is 11.4 Å². The maximum atomic E-state index is 12.7. The average Bonchev–Trinajstić information content (AvgIpc) is 2.84. The zero-order chi connectivity index (χ0) is 22.8. The molecule has 7 heteroatoms. The first-order valence-corrected chi connectivity index (χ1v) is 11.2. The molecule has 0 radical (unpaired) electrons. The number of nitrogens with one attached hydrogen (secondary N) is 1. The molecule has 1 amide bonds. The number of aryl methyl sites for hydroxylation is 1. The number of fused-ring (bicyclic) bond motifs is 1. The normalized spacial score (nSPS) is 16.3. The summed E-state index contributed by atoms with van der Waals surface area (Å²) >= 11 is 0. The molecule has 168 valence electrons. The Kier molecular flexibility index (Phi) is 5.46. The second kappa shape index (κ2) is 8.58. The molecule has 0 unspecified atom stereocenters. The minimum absolute atomic E-state index is 0.00404. The van der Waals surface area contributed by atoms with Crippen LogP contribution in [0.25, 0.3) is 17.2 Å². The summed E-state index contributed by atoms with van der Waals surface area (Å²) in [6.45, 7) is 1.44. The first-order valence-electron chi connectivity index (χ1n) is 11.2. The van der Waals surface area contributed by atoms with Crippen molar-refractivity contribution in [3.8, 4) is 16.9 Å². The number of likely N-dealkylation sites (tertiary alicyclic amines) is 1. The molecule has 0 saturated carbocycles. The molecule has 33 heavy (non-hydrogen) atoms. The molecule has 1 N–H and O–H groups in total. The van der Waals surface area contributed by atoms with E-state index in [4.69, 9.17) is 4.74 Å². The van der Waals surface area contributed by atoms with Crippen LogP contribution in [0.15, 0.2) is 76.5 Å². The molecule has 1 spiro atoms. The van der Waals surface area contributed by atoms with Crippen molar-refractivity contribution in [2.75, 3.05) is 13.1 Å². The van der Waals surface area contributed by atoms with Crippen LogP contribution in [-0.2, 0) is 11.3 Å². The third-order valence-electron chi connectivity index (χ3n) is 6.42. The fraction of sp³-hybridized carbons (Fsp3) is 0.269. The fourth-order valence-electron chi connectivity index (χ4n) is 4.47. The maximum Gasteiger partial charge on any atom is 0.328 e. The second-order valence-corrected chi connectivity index (χ2v) is 8.55. The highest BCUT2D eigenvalue weighted by Crippen LogP contribution is 2.38. The summed E-state index contributed by atoms with van der Waals surface area (Å²) in [6.07, 6.45) is 7.32. The van der Waals surface area contributed by atoms with Crippen LogP contribution in [0.3, 0.4) is 0 Å². The lowest BCUT2D eigenvalue weighted by Gasteiger charge is -2.42. The van der Waals surface area contributed by atoms with E-state index in [0.717, 1.165) is 16.9 Å². The number of rotatable bonds is 4. The number of carbonyl (C=O) groups excluding carboxylic acids is 1. The molecule has 2 aromatic carbocycles. The minimum atomic E-state index is -0.497. The molecule has 2 aliphatic heterocycles. The van der Waals surface area contributed by atoms with Gasteiger partial charge in [0.2, 0.25) is 5.91 Å². The summed E-state index contributed by atoms with van der Waals surface area (Å²) in [5, 5.41) is 0. The predicted octanol–water partition coefficient (Wildman–Crippen LogP) is 3.06. The largest absolute Gasteiger partial charge is 0.482 e. The van der Waals surface area contributed by atoms with Gasteiger partial charge in [-0.15, -0.1) is 0 Å². The number of benzene rings is 2. The van der Waals surface area contributed by atoms with Gasteiger partial charge in [0.05, 0.1) is 0 Å². The number of hydrogen-bond donors (Lipinski definition) is 1. The van der Waals surface area contributed by atoms with Gasteiger partial charge >= 0.3 is 5.69 Å². The zero-order valence-electron chi connectivity index (χ0n) is 18.2. The van der Waals surface area contributed by atoms with E-state index in [9.17, 15) is 14.4 Å². The van der Waals surface area contributed by atoms with E-state index < -0.39 is 16.9 Å². The molecule has 5 rings (SSSR count). The Labute approximate surface area is 191 Å². The van der Waals surface area contributed by atoms with Gasteiger partial charge in [-0.2, -0.15) is 0 Å². The molecule has 0 aliphatic carbocycles. The Morgan fingerprint density at radius 1 is 1.00 bits per heavy atom. The molecular formula is C26H25N3O4. The molecular weight excluding hydrogens is 418 g/mol. The van der Waals surface area contributed by atoms with Crippen molar-refractivity contribution in [1.82, 2.24) is 14.5 Å². The first-order chi connectivity index (χ1) is 16.0. The first kappa shape index (κ1) is 21.0. The van der Waals surface area contributed by atoms with E-state index in [1.807, 2.05) is 29.2 Å². The van der Waals surface area contributed by atoms with E-state index in [1.54, 1.807) is 0 Å². The van der Waals surface area contributed by atoms with Crippen LogP contribution in [0.5, 0.6) is 5.75 Å². The number of piperidine rings is 1. The van der Waals surface area contributed by atoms with Gasteiger partial charge in [0.25, 0.3) is 5.56 Å². The molecule has 7 nitrogen and oxygen atoms in total. The quantitative estimate of drug-likeness (QED) is 0.672. The summed E-state index contributed by atoms with van der Waals surface area (Å²) in [5.41, 5.74) is 2.05. The molecule has 0 bridgehead atoms. The van der Waals surface area contributed by atoms with Gasteiger partial charge in [0.15, 0.2) is 0 Å². The van der Waals surface area contributed by atoms with Crippen LogP contribution in [0.4, 0.5) is 0 Å². The summed E-state index contributed by atoms with van der Waals surface area (Å²) in [4.78, 5) is 39.7. The highest BCUT2D eigenvalue weighted by Gasteiger charge is 2.37. The third kappa shape index (κ3) is 4.39. The fourth-order valence-corrected chi connectivity index (χ4v) is 4.47. The lowest BCUT2D eigenvalue weighted by atomic mass is 9.87. The number of aromatic amines is 1. The van der Waals surface area contributed by atoms with Crippen molar-refractivity contribution >= 4 is 12.0 Å². The van der Waals surface area contributed by atoms with Crippen molar-refractivity contribution in [3.63, 3.8) is 0 Å². The second-order valence-electron chi connectivity index (χ2n) is 8.55. The highest BCUT2D eigenvalue weighted by molar-refractivity contribution is 5.76.